The quantitative estimate of drug-likeness (QED) is 0.906. The highest BCUT2D eigenvalue weighted by Gasteiger charge is 2.30. The Kier molecular flexibility index (Phi) is 4.14. The molecule has 1 aliphatic heterocycles. The van der Waals surface area contributed by atoms with Crippen molar-refractivity contribution < 1.29 is 9.50 Å². The molecule has 6 heteroatoms. The van der Waals surface area contributed by atoms with Crippen LogP contribution >= 0.6 is 23.4 Å². The second kappa shape index (κ2) is 6.05. The molecule has 1 unspecified atom stereocenters. The zero-order valence-electron chi connectivity index (χ0n) is 10.9. The van der Waals surface area contributed by atoms with E-state index in [1.54, 1.807) is 29.2 Å². The van der Waals surface area contributed by atoms with Gasteiger partial charge in [-0.2, -0.15) is 0 Å². The van der Waals surface area contributed by atoms with Crippen LogP contribution < -0.4 is 4.90 Å². The van der Waals surface area contributed by atoms with Crippen LogP contribution in [0.2, 0.25) is 5.02 Å². The van der Waals surface area contributed by atoms with Crippen LogP contribution in [0.3, 0.4) is 0 Å². The number of hydrogen-bond acceptors (Lipinski definition) is 3. The lowest BCUT2D eigenvalue weighted by atomic mass is 10.3. The Morgan fingerprint density at radius 2 is 2.00 bits per heavy atom. The summed E-state index contributed by atoms with van der Waals surface area (Å²) in [4.78, 5) is 6.19. The summed E-state index contributed by atoms with van der Waals surface area (Å²) in [6, 6.07) is 13.2. The lowest BCUT2D eigenvalue weighted by Gasteiger charge is -2.22. The van der Waals surface area contributed by atoms with Crippen molar-refractivity contribution in [2.24, 2.45) is 4.99 Å². The minimum atomic E-state index is -0.660. The molecule has 108 valence electrons. The summed E-state index contributed by atoms with van der Waals surface area (Å²) in [7, 11) is 0. The van der Waals surface area contributed by atoms with Gasteiger partial charge in [0.1, 0.15) is 12.0 Å². The molecule has 0 bridgehead atoms. The smallest absolute Gasteiger partial charge is 0.171 e. The van der Waals surface area contributed by atoms with E-state index in [9.17, 15) is 9.50 Å². The maximum atomic E-state index is 12.9. The number of nitrogens with zero attached hydrogens (tertiary/aromatic N) is 2. The fourth-order valence-electron chi connectivity index (χ4n) is 2.04. The molecule has 2 aromatic carbocycles. The van der Waals surface area contributed by atoms with Crippen molar-refractivity contribution in [3.63, 3.8) is 0 Å². The molecule has 0 aromatic heterocycles. The van der Waals surface area contributed by atoms with Crippen LogP contribution in [0.15, 0.2) is 53.5 Å². The largest absolute Gasteiger partial charge is 0.372 e. The zero-order chi connectivity index (χ0) is 14.8. The van der Waals surface area contributed by atoms with Gasteiger partial charge in [0.2, 0.25) is 0 Å². The molecule has 1 atom stereocenters. The number of aliphatic hydroxyl groups excluding tert-OH is 1. The van der Waals surface area contributed by atoms with Crippen LogP contribution in [0.4, 0.5) is 15.8 Å². The predicted octanol–water partition coefficient (Wildman–Crippen LogP) is 4.04. The van der Waals surface area contributed by atoms with E-state index in [-0.39, 0.29) is 5.82 Å². The molecule has 1 fully saturated rings. The number of anilines is 1. The van der Waals surface area contributed by atoms with E-state index < -0.39 is 6.23 Å². The summed E-state index contributed by atoms with van der Waals surface area (Å²) >= 11 is 7.45. The van der Waals surface area contributed by atoms with E-state index >= 15 is 0 Å². The van der Waals surface area contributed by atoms with Crippen LogP contribution in [0.5, 0.6) is 0 Å². The van der Waals surface area contributed by atoms with Crippen molar-refractivity contribution in [1.82, 2.24) is 0 Å². The number of thioether (sulfide) groups is 1. The minimum absolute atomic E-state index is 0.301. The van der Waals surface area contributed by atoms with Crippen LogP contribution in [-0.4, -0.2) is 22.3 Å². The Hall–Kier alpha value is -1.56. The van der Waals surface area contributed by atoms with Crippen LogP contribution in [0.1, 0.15) is 0 Å². The number of aliphatic imine (C=N–C) groups is 1. The van der Waals surface area contributed by atoms with Gasteiger partial charge in [-0.1, -0.05) is 29.4 Å². The van der Waals surface area contributed by atoms with E-state index in [2.05, 4.69) is 4.99 Å². The molecule has 3 nitrogen and oxygen atoms in total. The highest BCUT2D eigenvalue weighted by molar-refractivity contribution is 8.14. The first-order valence-corrected chi connectivity index (χ1v) is 7.70. The minimum Gasteiger partial charge on any atom is -0.372 e. The first-order valence-electron chi connectivity index (χ1n) is 6.33. The monoisotopic (exact) mass is 322 g/mol. The van der Waals surface area contributed by atoms with Crippen molar-refractivity contribution >= 4 is 39.9 Å². The van der Waals surface area contributed by atoms with Gasteiger partial charge in [0.15, 0.2) is 5.17 Å². The standard InChI is InChI=1S/C15H12ClFN2OS/c16-10-2-1-3-13(8-10)19-14(20)9-21-15(19)18-12-6-4-11(17)5-7-12/h1-8,14,20H,9H2/b18-15-. The summed E-state index contributed by atoms with van der Waals surface area (Å²) < 4.78 is 12.9. The van der Waals surface area contributed by atoms with Gasteiger partial charge in [0.25, 0.3) is 0 Å². The van der Waals surface area contributed by atoms with Crippen LogP contribution in [0.25, 0.3) is 0 Å². The normalized spacial score (nSPS) is 20.2. The van der Waals surface area contributed by atoms with Crippen molar-refractivity contribution in [2.45, 2.75) is 6.23 Å². The van der Waals surface area contributed by atoms with E-state index in [0.717, 1.165) is 5.69 Å². The van der Waals surface area contributed by atoms with Gasteiger partial charge in [0.05, 0.1) is 5.69 Å². The zero-order valence-corrected chi connectivity index (χ0v) is 12.5. The topological polar surface area (TPSA) is 35.8 Å². The van der Waals surface area contributed by atoms with E-state index in [1.165, 1.54) is 23.9 Å². The van der Waals surface area contributed by atoms with Crippen LogP contribution in [0, 0.1) is 5.82 Å². The first-order chi connectivity index (χ1) is 10.1. The highest BCUT2D eigenvalue weighted by Crippen LogP contribution is 2.32. The Morgan fingerprint density at radius 1 is 1.24 bits per heavy atom. The Morgan fingerprint density at radius 3 is 2.71 bits per heavy atom. The summed E-state index contributed by atoms with van der Waals surface area (Å²) in [6.45, 7) is 0. The Balaban J connectivity index is 1.95. The number of hydrogen-bond donors (Lipinski definition) is 1. The van der Waals surface area contributed by atoms with Gasteiger partial charge in [-0.15, -0.1) is 0 Å². The van der Waals surface area contributed by atoms with Gasteiger partial charge in [-0.3, -0.25) is 4.90 Å². The number of amidine groups is 1. The molecule has 0 spiro atoms. The lowest BCUT2D eigenvalue weighted by molar-refractivity contribution is 0.213. The predicted molar refractivity (Wildman–Crippen MR) is 85.9 cm³/mol. The lowest BCUT2D eigenvalue weighted by Crippen LogP contribution is -2.33. The fourth-order valence-corrected chi connectivity index (χ4v) is 3.21. The number of halogens is 2. The number of rotatable bonds is 2. The van der Waals surface area contributed by atoms with Crippen LogP contribution in [-0.2, 0) is 0 Å². The Bertz CT molecular complexity index is 678. The Labute approximate surface area is 131 Å². The first kappa shape index (κ1) is 14.4. The van der Waals surface area contributed by atoms with Gasteiger partial charge in [-0.05, 0) is 42.5 Å². The highest BCUT2D eigenvalue weighted by atomic mass is 35.5. The van der Waals surface area contributed by atoms with Crippen molar-refractivity contribution in [1.29, 1.82) is 0 Å². The van der Waals surface area contributed by atoms with Crippen molar-refractivity contribution in [3.8, 4) is 0 Å². The second-order valence-electron chi connectivity index (χ2n) is 4.51. The molecule has 1 heterocycles. The summed E-state index contributed by atoms with van der Waals surface area (Å²) in [5.41, 5.74) is 1.42. The summed E-state index contributed by atoms with van der Waals surface area (Å²) in [5.74, 6) is 0.219. The van der Waals surface area contributed by atoms with Crippen molar-refractivity contribution in [3.05, 3.63) is 59.4 Å². The third kappa shape index (κ3) is 3.20. The molecule has 0 aliphatic carbocycles. The summed E-state index contributed by atoms with van der Waals surface area (Å²) in [5, 5.41) is 11.4. The summed E-state index contributed by atoms with van der Waals surface area (Å²) in [6.07, 6.45) is -0.660. The molecule has 0 amide bonds. The van der Waals surface area contributed by atoms with Gasteiger partial charge in [0, 0.05) is 16.5 Å². The maximum Gasteiger partial charge on any atom is 0.171 e. The molecule has 1 N–H and O–H groups in total. The van der Waals surface area contributed by atoms with Gasteiger partial charge >= 0.3 is 0 Å². The molecule has 2 aromatic rings. The molecule has 3 rings (SSSR count). The molecule has 0 radical (unpaired) electrons. The molecular formula is C15H12ClFN2OS. The average molecular weight is 323 g/mol. The SMILES string of the molecule is OC1CS/C(=N\c2ccc(F)cc2)N1c1cccc(Cl)c1. The average Bonchev–Trinajstić information content (AvgIpc) is 2.82. The molecule has 1 aliphatic rings. The van der Waals surface area contributed by atoms with E-state index in [0.29, 0.717) is 21.6 Å². The number of benzene rings is 2. The third-order valence-corrected chi connectivity index (χ3v) is 4.25. The van der Waals surface area contributed by atoms with E-state index in [4.69, 9.17) is 11.6 Å². The fraction of sp³-hybridized carbons (Fsp3) is 0.133. The molecular weight excluding hydrogens is 311 g/mol. The molecule has 21 heavy (non-hydrogen) atoms. The number of aliphatic hydroxyl groups is 1. The second-order valence-corrected chi connectivity index (χ2v) is 5.94. The maximum absolute atomic E-state index is 12.9. The third-order valence-electron chi connectivity index (χ3n) is 3.00. The van der Waals surface area contributed by atoms with Gasteiger partial charge in [-0.25, -0.2) is 9.38 Å². The van der Waals surface area contributed by atoms with Crippen molar-refractivity contribution in [2.75, 3.05) is 10.7 Å². The van der Waals surface area contributed by atoms with E-state index in [1.807, 2.05) is 12.1 Å². The molecule has 0 saturated carbocycles. The molecule has 1 saturated heterocycles. The van der Waals surface area contributed by atoms with Gasteiger partial charge < -0.3 is 5.11 Å².